The number of hydrogen-bond donors (Lipinski definition) is 2. The zero-order valence-electron chi connectivity index (χ0n) is 15.2. The number of methoxy groups -OCH3 is 1. The lowest BCUT2D eigenvalue weighted by atomic mass is 10.2. The number of ether oxygens (including phenoxy) is 1. The quantitative estimate of drug-likeness (QED) is 0.853. The molecule has 1 aliphatic rings. The molecule has 0 aliphatic carbocycles. The molecule has 1 heterocycles. The average molecular weight is 358 g/mol. The van der Waals surface area contributed by atoms with Crippen molar-refractivity contribution in [2.75, 3.05) is 43.5 Å². The van der Waals surface area contributed by atoms with Crippen molar-refractivity contribution in [2.45, 2.75) is 13.0 Å². The Morgan fingerprint density at radius 1 is 1.12 bits per heavy atom. The van der Waals surface area contributed by atoms with Crippen LogP contribution in [0.25, 0.3) is 0 Å². The summed E-state index contributed by atoms with van der Waals surface area (Å²) >= 11 is 0. The lowest BCUT2D eigenvalue weighted by Crippen LogP contribution is -3.19. The molecular formula is C20H25FN3O2+. The summed E-state index contributed by atoms with van der Waals surface area (Å²) < 4.78 is 18.2. The molecule has 1 aliphatic heterocycles. The van der Waals surface area contributed by atoms with Crippen LogP contribution in [-0.4, -0.2) is 45.2 Å². The molecule has 6 heteroatoms. The molecule has 0 unspecified atom stereocenters. The fourth-order valence-electron chi connectivity index (χ4n) is 3.25. The Balaban J connectivity index is 1.53. The first-order valence-electron chi connectivity index (χ1n) is 8.87. The van der Waals surface area contributed by atoms with Gasteiger partial charge in [0.25, 0.3) is 5.91 Å². The summed E-state index contributed by atoms with van der Waals surface area (Å²) in [5, 5.41) is 2.87. The van der Waals surface area contributed by atoms with Gasteiger partial charge in [-0.3, -0.25) is 4.79 Å². The summed E-state index contributed by atoms with van der Waals surface area (Å²) in [7, 11) is 1.66. The van der Waals surface area contributed by atoms with Gasteiger partial charge in [0.05, 0.1) is 33.3 Å². The van der Waals surface area contributed by atoms with Gasteiger partial charge in [-0.25, -0.2) is 4.39 Å². The minimum atomic E-state index is -0.309. The van der Waals surface area contributed by atoms with Crippen molar-refractivity contribution in [2.24, 2.45) is 0 Å². The third-order valence-corrected chi connectivity index (χ3v) is 4.96. The predicted molar refractivity (Wildman–Crippen MR) is 100 cm³/mol. The molecule has 1 fully saturated rings. The summed E-state index contributed by atoms with van der Waals surface area (Å²) in [6, 6.07) is 13.8. The van der Waals surface area contributed by atoms with E-state index in [2.05, 4.69) is 22.3 Å². The minimum absolute atomic E-state index is 0.0375. The lowest BCUT2D eigenvalue weighted by molar-refractivity contribution is -0.914. The molecule has 0 saturated carbocycles. The summed E-state index contributed by atoms with van der Waals surface area (Å²) in [6.45, 7) is 5.52. The van der Waals surface area contributed by atoms with Crippen LogP contribution in [0, 0.1) is 5.82 Å². The second-order valence-electron chi connectivity index (χ2n) is 6.56. The molecule has 0 aromatic heterocycles. The van der Waals surface area contributed by atoms with E-state index in [1.807, 2.05) is 19.1 Å². The van der Waals surface area contributed by atoms with Crippen molar-refractivity contribution in [1.29, 1.82) is 0 Å². The minimum Gasteiger partial charge on any atom is -0.497 e. The van der Waals surface area contributed by atoms with Gasteiger partial charge in [0.15, 0.2) is 6.04 Å². The Kier molecular flexibility index (Phi) is 5.73. The highest BCUT2D eigenvalue weighted by Crippen LogP contribution is 2.19. The smallest absolute Gasteiger partial charge is 0.282 e. The summed E-state index contributed by atoms with van der Waals surface area (Å²) in [5.41, 5.74) is 1.80. The van der Waals surface area contributed by atoms with Gasteiger partial charge in [-0.1, -0.05) is 0 Å². The van der Waals surface area contributed by atoms with Crippen molar-refractivity contribution in [3.05, 3.63) is 54.3 Å². The zero-order valence-corrected chi connectivity index (χ0v) is 15.2. The second kappa shape index (κ2) is 8.19. The van der Waals surface area contributed by atoms with Crippen LogP contribution in [0.4, 0.5) is 15.8 Å². The number of amides is 1. The lowest BCUT2D eigenvalue weighted by Gasteiger charge is -2.36. The Morgan fingerprint density at radius 3 is 2.31 bits per heavy atom. The fourth-order valence-corrected chi connectivity index (χ4v) is 3.25. The Labute approximate surface area is 153 Å². The van der Waals surface area contributed by atoms with Crippen LogP contribution in [0.2, 0.25) is 0 Å². The molecule has 0 spiro atoms. The zero-order chi connectivity index (χ0) is 18.5. The molecule has 2 N–H and O–H groups in total. The van der Waals surface area contributed by atoms with Gasteiger partial charge in [-0.2, -0.15) is 0 Å². The molecule has 1 atom stereocenters. The van der Waals surface area contributed by atoms with Gasteiger partial charge in [0.2, 0.25) is 0 Å². The van der Waals surface area contributed by atoms with Gasteiger partial charge in [0, 0.05) is 11.4 Å². The van der Waals surface area contributed by atoms with E-state index in [0.29, 0.717) is 5.69 Å². The molecule has 2 aromatic rings. The standard InChI is InChI=1S/C20H24FN3O2/c1-15(20(25)22-17-5-3-16(21)4-6-17)23-11-13-24(14-12-23)18-7-9-19(26-2)10-8-18/h3-10,15H,11-14H2,1-2H3,(H,22,25)/p+1/t15-/m0/s1. The number of nitrogens with one attached hydrogen (secondary N) is 2. The molecule has 1 amide bonds. The van der Waals surface area contributed by atoms with Gasteiger partial charge in [-0.15, -0.1) is 0 Å². The predicted octanol–water partition coefficient (Wildman–Crippen LogP) is 1.57. The van der Waals surface area contributed by atoms with Gasteiger partial charge >= 0.3 is 0 Å². The second-order valence-corrected chi connectivity index (χ2v) is 6.56. The van der Waals surface area contributed by atoms with E-state index in [1.54, 1.807) is 19.2 Å². The van der Waals surface area contributed by atoms with Crippen LogP contribution >= 0.6 is 0 Å². The first-order chi connectivity index (χ1) is 12.6. The number of carbonyl (C=O) groups excluding carboxylic acids is 1. The van der Waals surface area contributed by atoms with Crippen molar-refractivity contribution in [3.8, 4) is 5.75 Å². The van der Waals surface area contributed by atoms with Crippen LogP contribution in [-0.2, 0) is 4.79 Å². The van der Waals surface area contributed by atoms with Crippen molar-refractivity contribution in [3.63, 3.8) is 0 Å². The number of rotatable bonds is 5. The average Bonchev–Trinajstić information content (AvgIpc) is 2.69. The topological polar surface area (TPSA) is 46.0 Å². The fraction of sp³-hybridized carbons (Fsp3) is 0.350. The Bertz CT molecular complexity index is 726. The van der Waals surface area contributed by atoms with E-state index in [0.717, 1.165) is 31.9 Å². The normalized spacial score (nSPS) is 16.2. The first kappa shape index (κ1) is 18.2. The number of hydrogen-bond acceptors (Lipinski definition) is 3. The molecule has 1 saturated heterocycles. The third-order valence-electron chi connectivity index (χ3n) is 4.96. The number of nitrogens with zero attached hydrogens (tertiary/aromatic N) is 1. The SMILES string of the molecule is COc1ccc(N2CC[NH+]([C@@H](C)C(=O)Nc3ccc(F)cc3)CC2)cc1. The van der Waals surface area contributed by atoms with E-state index >= 15 is 0 Å². The third kappa shape index (κ3) is 4.32. The maximum atomic E-state index is 13.0. The van der Waals surface area contributed by atoms with Crippen LogP contribution in [0.3, 0.4) is 0 Å². The number of benzene rings is 2. The van der Waals surface area contributed by atoms with E-state index in [-0.39, 0.29) is 17.8 Å². The molecule has 0 radical (unpaired) electrons. The van der Waals surface area contributed by atoms with E-state index in [1.165, 1.54) is 22.7 Å². The van der Waals surface area contributed by atoms with Crippen molar-refractivity contribution in [1.82, 2.24) is 0 Å². The maximum absolute atomic E-state index is 13.0. The van der Waals surface area contributed by atoms with Crippen LogP contribution in [0.15, 0.2) is 48.5 Å². The number of carbonyl (C=O) groups is 1. The van der Waals surface area contributed by atoms with Gasteiger partial charge in [0.1, 0.15) is 11.6 Å². The number of anilines is 2. The highest BCUT2D eigenvalue weighted by Gasteiger charge is 2.29. The van der Waals surface area contributed by atoms with Crippen LogP contribution in [0.5, 0.6) is 5.75 Å². The largest absolute Gasteiger partial charge is 0.497 e. The highest BCUT2D eigenvalue weighted by molar-refractivity contribution is 5.93. The summed E-state index contributed by atoms with van der Waals surface area (Å²) in [5.74, 6) is 0.505. The first-order valence-corrected chi connectivity index (χ1v) is 8.87. The van der Waals surface area contributed by atoms with Crippen molar-refractivity contribution >= 4 is 17.3 Å². The van der Waals surface area contributed by atoms with Crippen molar-refractivity contribution < 1.29 is 18.8 Å². The molecule has 26 heavy (non-hydrogen) atoms. The molecule has 0 bridgehead atoms. The Morgan fingerprint density at radius 2 is 1.73 bits per heavy atom. The van der Waals surface area contributed by atoms with Gasteiger partial charge < -0.3 is 19.9 Å². The van der Waals surface area contributed by atoms with E-state index in [4.69, 9.17) is 4.74 Å². The molecular weight excluding hydrogens is 333 g/mol. The van der Waals surface area contributed by atoms with Gasteiger partial charge in [-0.05, 0) is 55.5 Å². The summed E-state index contributed by atoms with van der Waals surface area (Å²) in [4.78, 5) is 16.1. The molecule has 3 rings (SSSR count). The van der Waals surface area contributed by atoms with Crippen LogP contribution < -0.4 is 19.9 Å². The van der Waals surface area contributed by atoms with E-state index < -0.39 is 0 Å². The van der Waals surface area contributed by atoms with Crippen LogP contribution in [0.1, 0.15) is 6.92 Å². The number of piperazine rings is 1. The Hall–Kier alpha value is -2.60. The molecule has 138 valence electrons. The molecule has 5 nitrogen and oxygen atoms in total. The van der Waals surface area contributed by atoms with E-state index in [9.17, 15) is 9.18 Å². The summed E-state index contributed by atoms with van der Waals surface area (Å²) in [6.07, 6.45) is 0. The maximum Gasteiger partial charge on any atom is 0.282 e. The number of quaternary nitrogens is 1. The highest BCUT2D eigenvalue weighted by atomic mass is 19.1. The number of halogens is 1. The molecule has 2 aromatic carbocycles. The monoisotopic (exact) mass is 358 g/mol.